The highest BCUT2D eigenvalue weighted by Gasteiger charge is 2.09. The smallest absolute Gasteiger partial charge is 0.446 e. The summed E-state index contributed by atoms with van der Waals surface area (Å²) < 4.78 is 35.3. The van der Waals surface area contributed by atoms with Crippen LogP contribution in [0.15, 0.2) is 99.7 Å². The Morgan fingerprint density at radius 1 is 0.574 bits per heavy atom. The monoisotopic (exact) mass is 666 g/mol. The lowest BCUT2D eigenvalue weighted by Gasteiger charge is -2.07. The second-order valence-electron chi connectivity index (χ2n) is 13.3. The first-order chi connectivity index (χ1) is 22.1. The van der Waals surface area contributed by atoms with E-state index in [0.717, 1.165) is 70.6 Å². The maximum absolute atomic E-state index is 10.9. The number of phenols is 1. The van der Waals surface area contributed by atoms with E-state index in [1.54, 1.807) is 0 Å². The Hall–Kier alpha value is -3.09. The molecule has 0 spiro atoms. The second kappa shape index (κ2) is 23.3. The van der Waals surface area contributed by atoms with Gasteiger partial charge in [-0.15, -0.1) is 0 Å². The molecule has 0 aromatic heterocycles. The maximum Gasteiger partial charge on any atom is 0.446 e. The molecule has 0 atom stereocenters. The SMILES string of the molecule is CC(C)=CCCC(C)=CCCC(C)=CCCC(C)=CCCC(C)=CCCC(C)=CCCC(C)=CCc1cc(OS(=O)(=O)O)ccc1O. The van der Waals surface area contributed by atoms with Crippen LogP contribution in [-0.4, -0.2) is 18.1 Å². The number of hydrogen-bond acceptors (Lipinski definition) is 4. The fourth-order valence-corrected chi connectivity index (χ4v) is 5.46. The van der Waals surface area contributed by atoms with E-state index in [0.29, 0.717) is 12.0 Å². The topological polar surface area (TPSA) is 83.8 Å². The predicted molar refractivity (Wildman–Crippen MR) is 201 cm³/mol. The van der Waals surface area contributed by atoms with E-state index in [-0.39, 0.29) is 11.5 Å². The lowest BCUT2D eigenvalue weighted by Crippen LogP contribution is -2.06. The molecule has 0 bridgehead atoms. The molecule has 0 aliphatic heterocycles. The van der Waals surface area contributed by atoms with E-state index in [1.807, 2.05) is 13.0 Å². The first-order valence-corrected chi connectivity index (χ1v) is 18.6. The third-order valence-electron chi connectivity index (χ3n) is 8.17. The molecule has 0 fully saturated rings. The van der Waals surface area contributed by atoms with Crippen LogP contribution in [0.5, 0.6) is 11.5 Å². The molecule has 2 N–H and O–H groups in total. The number of benzene rings is 1. The summed E-state index contributed by atoms with van der Waals surface area (Å²) in [5.41, 5.74) is 10.4. The van der Waals surface area contributed by atoms with Crippen molar-refractivity contribution in [3.05, 3.63) is 105 Å². The van der Waals surface area contributed by atoms with Crippen molar-refractivity contribution >= 4 is 10.4 Å². The van der Waals surface area contributed by atoms with Gasteiger partial charge in [0.05, 0.1) is 0 Å². The highest BCUT2D eigenvalue weighted by Crippen LogP contribution is 2.25. The van der Waals surface area contributed by atoms with Gasteiger partial charge in [0.2, 0.25) is 0 Å². The summed E-state index contributed by atoms with van der Waals surface area (Å²) in [6.45, 7) is 17.6. The molecule has 0 saturated heterocycles. The Morgan fingerprint density at radius 2 is 0.915 bits per heavy atom. The normalized spacial score (nSPS) is 14.1. The standard InChI is InChI=1S/C41H62O5S/c1-32(2)15-9-16-33(3)17-10-18-34(4)19-11-20-35(5)21-12-22-36(6)23-13-24-37(7)25-14-26-38(8)27-28-39-31-40(29-30-41(39)42)46-47(43,44)45/h15,17,19,21,23,25,27,29-31,42H,9-14,16,18,20,22,24,26,28H2,1-8H3,(H,43,44,45). The van der Waals surface area contributed by atoms with E-state index in [9.17, 15) is 13.5 Å². The van der Waals surface area contributed by atoms with Crippen LogP contribution in [0.4, 0.5) is 0 Å². The Morgan fingerprint density at radius 3 is 1.26 bits per heavy atom. The summed E-state index contributed by atoms with van der Waals surface area (Å²) in [4.78, 5) is 0. The molecule has 6 heteroatoms. The van der Waals surface area contributed by atoms with Crippen molar-refractivity contribution in [2.75, 3.05) is 0 Å². The van der Waals surface area contributed by atoms with E-state index in [4.69, 9.17) is 4.55 Å². The van der Waals surface area contributed by atoms with Gasteiger partial charge in [-0.25, -0.2) is 0 Å². The first-order valence-electron chi connectivity index (χ1n) is 17.2. The fourth-order valence-electron chi connectivity index (χ4n) is 5.12. The van der Waals surface area contributed by atoms with Gasteiger partial charge in [0.1, 0.15) is 11.5 Å². The molecule has 0 unspecified atom stereocenters. The van der Waals surface area contributed by atoms with Crippen molar-refractivity contribution in [3.8, 4) is 11.5 Å². The van der Waals surface area contributed by atoms with Gasteiger partial charge in [0.15, 0.2) is 0 Å². The van der Waals surface area contributed by atoms with Crippen molar-refractivity contribution < 1.29 is 22.3 Å². The van der Waals surface area contributed by atoms with Crippen molar-refractivity contribution in [1.82, 2.24) is 0 Å². The third kappa shape index (κ3) is 23.0. The van der Waals surface area contributed by atoms with Gasteiger partial charge in [-0.1, -0.05) is 81.5 Å². The summed E-state index contributed by atoms with van der Waals surface area (Å²) in [7, 11) is -4.60. The van der Waals surface area contributed by atoms with E-state index in [1.165, 1.54) is 63.6 Å². The van der Waals surface area contributed by atoms with E-state index in [2.05, 4.69) is 89.1 Å². The summed E-state index contributed by atoms with van der Waals surface area (Å²) in [5.74, 6) is 0.0153. The maximum atomic E-state index is 10.9. The van der Waals surface area contributed by atoms with Crippen molar-refractivity contribution in [2.45, 2.75) is 139 Å². The summed E-state index contributed by atoms with van der Waals surface area (Å²) >= 11 is 0. The number of phenolic OH excluding ortho intramolecular Hbond substituents is 1. The number of aromatic hydroxyl groups is 1. The molecule has 5 nitrogen and oxygen atoms in total. The van der Waals surface area contributed by atoms with E-state index >= 15 is 0 Å². The number of rotatable bonds is 22. The zero-order valence-electron chi connectivity index (χ0n) is 30.5. The lowest BCUT2D eigenvalue weighted by molar-refractivity contribution is 0.386. The predicted octanol–water partition coefficient (Wildman–Crippen LogP) is 12.4. The van der Waals surface area contributed by atoms with Crippen LogP contribution in [0.25, 0.3) is 0 Å². The molecule has 1 aromatic rings. The molecule has 0 aliphatic rings. The number of hydrogen-bond donors (Lipinski definition) is 2. The average molecular weight is 667 g/mol. The van der Waals surface area contributed by atoms with Gasteiger partial charge < -0.3 is 9.29 Å². The quantitative estimate of drug-likeness (QED) is 0.0950. The third-order valence-corrected chi connectivity index (χ3v) is 8.57. The van der Waals surface area contributed by atoms with Crippen LogP contribution in [-0.2, 0) is 16.8 Å². The van der Waals surface area contributed by atoms with Crippen LogP contribution in [0.3, 0.4) is 0 Å². The van der Waals surface area contributed by atoms with Crippen molar-refractivity contribution in [3.63, 3.8) is 0 Å². The fraction of sp³-hybridized carbons (Fsp3) is 0.512. The summed E-state index contributed by atoms with van der Waals surface area (Å²) in [6.07, 6.45) is 29.7. The molecule has 0 radical (unpaired) electrons. The van der Waals surface area contributed by atoms with Gasteiger partial charge in [0.25, 0.3) is 0 Å². The Bertz CT molecular complexity index is 1430. The van der Waals surface area contributed by atoms with Gasteiger partial charge in [-0.2, -0.15) is 8.42 Å². The van der Waals surface area contributed by atoms with Crippen LogP contribution >= 0.6 is 0 Å². The zero-order chi connectivity index (χ0) is 35.2. The largest absolute Gasteiger partial charge is 0.508 e. The zero-order valence-corrected chi connectivity index (χ0v) is 31.3. The van der Waals surface area contributed by atoms with Crippen LogP contribution in [0, 0.1) is 0 Å². The lowest BCUT2D eigenvalue weighted by atomic mass is 10.0. The molecule has 1 rings (SSSR count). The minimum absolute atomic E-state index is 0.0366. The molecule has 0 heterocycles. The van der Waals surface area contributed by atoms with Crippen LogP contribution in [0.2, 0.25) is 0 Å². The minimum atomic E-state index is -4.60. The van der Waals surface area contributed by atoms with Crippen LogP contribution in [0.1, 0.15) is 138 Å². The highest BCUT2D eigenvalue weighted by atomic mass is 32.3. The molecule has 0 amide bonds. The molecule has 0 aliphatic carbocycles. The molecule has 0 saturated carbocycles. The van der Waals surface area contributed by atoms with Gasteiger partial charge in [-0.3, -0.25) is 4.55 Å². The Labute approximate surface area is 287 Å². The van der Waals surface area contributed by atoms with Crippen molar-refractivity contribution in [2.24, 2.45) is 0 Å². The Balaban J connectivity index is 2.33. The van der Waals surface area contributed by atoms with Crippen molar-refractivity contribution in [1.29, 1.82) is 0 Å². The molecular formula is C41H62O5S. The van der Waals surface area contributed by atoms with Gasteiger partial charge in [0, 0.05) is 5.56 Å². The minimum Gasteiger partial charge on any atom is -0.508 e. The Kier molecular flexibility index (Phi) is 20.8. The second-order valence-corrected chi connectivity index (χ2v) is 14.3. The molecule has 262 valence electrons. The number of allylic oxidation sites excluding steroid dienone is 14. The molecular weight excluding hydrogens is 605 g/mol. The van der Waals surface area contributed by atoms with Gasteiger partial charge >= 0.3 is 10.4 Å². The van der Waals surface area contributed by atoms with E-state index < -0.39 is 10.4 Å². The summed E-state index contributed by atoms with van der Waals surface area (Å²) in [6, 6.07) is 4.07. The average Bonchev–Trinajstić information content (AvgIpc) is 2.96. The van der Waals surface area contributed by atoms with Gasteiger partial charge in [-0.05, 0) is 157 Å². The van der Waals surface area contributed by atoms with Crippen LogP contribution < -0.4 is 4.18 Å². The molecule has 1 aromatic carbocycles. The molecule has 47 heavy (non-hydrogen) atoms. The first kappa shape index (κ1) is 41.9. The highest BCUT2D eigenvalue weighted by molar-refractivity contribution is 7.81. The summed E-state index contributed by atoms with van der Waals surface area (Å²) in [5, 5.41) is 10.1.